The highest BCUT2D eigenvalue weighted by Crippen LogP contribution is 2.34. The first-order chi connectivity index (χ1) is 13.0. The molecule has 1 N–H and O–H groups in total. The summed E-state index contributed by atoms with van der Waals surface area (Å²) < 4.78 is 0. The zero-order valence-corrected chi connectivity index (χ0v) is 17.8. The summed E-state index contributed by atoms with van der Waals surface area (Å²) in [6.45, 7) is 0. The van der Waals surface area contributed by atoms with E-state index in [4.69, 9.17) is 34.8 Å². The first kappa shape index (κ1) is 20.4. The molecular weight excluding hydrogens is 441 g/mol. The SMILES string of the molecule is O=C(CSc1cc(Cl)ccc1Cl)Nc1ccccc1Sc1ccc(Cl)cc1. The summed E-state index contributed by atoms with van der Waals surface area (Å²) in [5.41, 5.74) is 0.764. The van der Waals surface area contributed by atoms with E-state index in [1.807, 2.05) is 48.5 Å². The van der Waals surface area contributed by atoms with E-state index < -0.39 is 0 Å². The van der Waals surface area contributed by atoms with Crippen LogP contribution in [-0.2, 0) is 4.79 Å². The van der Waals surface area contributed by atoms with Gasteiger partial charge in [0.2, 0.25) is 5.91 Å². The third-order valence-corrected chi connectivity index (χ3v) is 6.52. The Morgan fingerprint density at radius 3 is 2.33 bits per heavy atom. The molecule has 7 heteroatoms. The van der Waals surface area contributed by atoms with E-state index in [1.54, 1.807) is 30.0 Å². The summed E-state index contributed by atoms with van der Waals surface area (Å²) in [5, 5.41) is 4.83. The molecule has 1 amide bonds. The van der Waals surface area contributed by atoms with E-state index in [-0.39, 0.29) is 11.7 Å². The van der Waals surface area contributed by atoms with Crippen LogP contribution in [-0.4, -0.2) is 11.7 Å². The summed E-state index contributed by atoms with van der Waals surface area (Å²) in [7, 11) is 0. The first-order valence-corrected chi connectivity index (χ1v) is 10.8. The summed E-state index contributed by atoms with van der Waals surface area (Å²) in [6.07, 6.45) is 0. The van der Waals surface area contributed by atoms with Gasteiger partial charge in [-0.25, -0.2) is 0 Å². The van der Waals surface area contributed by atoms with E-state index in [0.717, 1.165) is 20.4 Å². The molecule has 27 heavy (non-hydrogen) atoms. The zero-order chi connectivity index (χ0) is 19.2. The van der Waals surface area contributed by atoms with Gasteiger partial charge in [-0.3, -0.25) is 4.79 Å². The van der Waals surface area contributed by atoms with Gasteiger partial charge in [0.1, 0.15) is 0 Å². The normalized spacial score (nSPS) is 10.6. The van der Waals surface area contributed by atoms with Crippen LogP contribution in [0.1, 0.15) is 0 Å². The zero-order valence-electron chi connectivity index (χ0n) is 13.9. The van der Waals surface area contributed by atoms with E-state index in [2.05, 4.69) is 5.32 Å². The molecule has 3 rings (SSSR count). The number of amides is 1. The fourth-order valence-electron chi connectivity index (χ4n) is 2.21. The van der Waals surface area contributed by atoms with Gasteiger partial charge in [0.05, 0.1) is 16.5 Å². The molecule has 138 valence electrons. The maximum atomic E-state index is 12.4. The summed E-state index contributed by atoms with van der Waals surface area (Å²) in [5.74, 6) is 0.125. The van der Waals surface area contributed by atoms with Crippen LogP contribution in [0.3, 0.4) is 0 Å². The molecule has 3 aromatic carbocycles. The van der Waals surface area contributed by atoms with E-state index in [9.17, 15) is 4.79 Å². The molecule has 0 aliphatic carbocycles. The molecule has 0 bridgehead atoms. The van der Waals surface area contributed by atoms with Crippen molar-refractivity contribution in [3.05, 3.63) is 81.8 Å². The number of para-hydroxylation sites is 1. The Labute approximate surface area is 181 Å². The highest BCUT2D eigenvalue weighted by atomic mass is 35.5. The third kappa shape index (κ3) is 6.09. The molecule has 0 atom stereocenters. The standard InChI is InChI=1S/C20H14Cl3NOS2/c21-13-5-8-15(9-6-13)27-18-4-2-1-3-17(18)24-20(25)12-26-19-11-14(22)7-10-16(19)23/h1-11H,12H2,(H,24,25). The first-order valence-electron chi connectivity index (χ1n) is 7.91. The van der Waals surface area contributed by atoms with Crippen LogP contribution in [0.2, 0.25) is 15.1 Å². The monoisotopic (exact) mass is 453 g/mol. The number of thioether (sulfide) groups is 1. The van der Waals surface area contributed by atoms with Gasteiger partial charge in [-0.2, -0.15) is 0 Å². The average Bonchev–Trinajstić information content (AvgIpc) is 2.66. The Bertz CT molecular complexity index is 948. The predicted octanol–water partition coefficient (Wildman–Crippen LogP) is 7.53. The number of hydrogen-bond donors (Lipinski definition) is 1. The van der Waals surface area contributed by atoms with Gasteiger partial charge in [0.15, 0.2) is 0 Å². The van der Waals surface area contributed by atoms with Crippen LogP contribution in [0, 0.1) is 0 Å². The van der Waals surface area contributed by atoms with Gasteiger partial charge >= 0.3 is 0 Å². The number of hydrogen-bond acceptors (Lipinski definition) is 3. The van der Waals surface area contributed by atoms with Crippen molar-refractivity contribution in [2.45, 2.75) is 14.7 Å². The fraction of sp³-hybridized carbons (Fsp3) is 0.0500. The number of anilines is 1. The average molecular weight is 455 g/mol. The van der Waals surface area contributed by atoms with Crippen LogP contribution in [0.15, 0.2) is 81.4 Å². The topological polar surface area (TPSA) is 29.1 Å². The van der Waals surface area contributed by atoms with E-state index in [0.29, 0.717) is 15.1 Å². The molecule has 0 saturated heterocycles. The number of benzene rings is 3. The Hall–Kier alpha value is -1.30. The molecular formula is C20H14Cl3NOS2. The molecule has 0 unspecified atom stereocenters. The van der Waals surface area contributed by atoms with Gasteiger partial charge in [-0.05, 0) is 54.6 Å². The van der Waals surface area contributed by atoms with Crippen LogP contribution in [0.25, 0.3) is 0 Å². The molecule has 0 heterocycles. The quantitative estimate of drug-likeness (QED) is 0.390. The molecule has 0 aliphatic rings. The molecule has 0 saturated carbocycles. The second-order valence-electron chi connectivity index (χ2n) is 5.46. The summed E-state index contributed by atoms with van der Waals surface area (Å²) in [6, 6.07) is 20.5. The molecule has 2 nitrogen and oxygen atoms in total. The second kappa shape index (κ2) is 9.76. The maximum Gasteiger partial charge on any atom is 0.234 e. The Morgan fingerprint density at radius 1 is 0.852 bits per heavy atom. The molecule has 0 radical (unpaired) electrons. The lowest BCUT2D eigenvalue weighted by Gasteiger charge is -2.11. The van der Waals surface area contributed by atoms with Crippen LogP contribution in [0.5, 0.6) is 0 Å². The van der Waals surface area contributed by atoms with Crippen molar-refractivity contribution in [1.82, 2.24) is 0 Å². The van der Waals surface area contributed by atoms with Crippen LogP contribution >= 0.6 is 58.3 Å². The number of carbonyl (C=O) groups is 1. The maximum absolute atomic E-state index is 12.4. The molecule has 0 aromatic heterocycles. The van der Waals surface area contributed by atoms with Crippen LogP contribution < -0.4 is 5.32 Å². The van der Waals surface area contributed by atoms with Crippen molar-refractivity contribution in [2.75, 3.05) is 11.1 Å². The Kier molecular flexibility index (Phi) is 7.39. The minimum absolute atomic E-state index is 0.111. The molecule has 0 aliphatic heterocycles. The smallest absolute Gasteiger partial charge is 0.234 e. The minimum atomic E-state index is -0.111. The fourth-order valence-corrected chi connectivity index (χ4v) is 4.53. The Balaban J connectivity index is 1.65. The van der Waals surface area contributed by atoms with Crippen molar-refractivity contribution >= 4 is 69.9 Å². The van der Waals surface area contributed by atoms with Crippen molar-refractivity contribution < 1.29 is 4.79 Å². The largest absolute Gasteiger partial charge is 0.324 e. The van der Waals surface area contributed by atoms with Gasteiger partial charge in [0, 0.05) is 24.7 Å². The molecule has 3 aromatic rings. The van der Waals surface area contributed by atoms with Crippen molar-refractivity contribution in [3.8, 4) is 0 Å². The summed E-state index contributed by atoms with van der Waals surface area (Å²) in [4.78, 5) is 15.2. The lowest BCUT2D eigenvalue weighted by molar-refractivity contribution is -0.113. The van der Waals surface area contributed by atoms with Gasteiger partial charge in [-0.15, -0.1) is 11.8 Å². The lowest BCUT2D eigenvalue weighted by Crippen LogP contribution is -2.14. The van der Waals surface area contributed by atoms with E-state index >= 15 is 0 Å². The number of rotatable bonds is 6. The Morgan fingerprint density at radius 2 is 1.56 bits per heavy atom. The number of carbonyl (C=O) groups excluding carboxylic acids is 1. The van der Waals surface area contributed by atoms with E-state index in [1.165, 1.54) is 11.8 Å². The second-order valence-corrected chi connectivity index (χ2v) is 8.88. The van der Waals surface area contributed by atoms with Crippen molar-refractivity contribution in [2.24, 2.45) is 0 Å². The third-order valence-electron chi connectivity index (χ3n) is 3.45. The van der Waals surface area contributed by atoms with Gasteiger partial charge in [-0.1, -0.05) is 58.7 Å². The predicted molar refractivity (Wildman–Crippen MR) is 118 cm³/mol. The van der Waals surface area contributed by atoms with Gasteiger partial charge < -0.3 is 5.32 Å². The molecule has 0 spiro atoms. The highest BCUT2D eigenvalue weighted by molar-refractivity contribution is 8.00. The molecule has 0 fully saturated rings. The minimum Gasteiger partial charge on any atom is -0.324 e. The van der Waals surface area contributed by atoms with Crippen LogP contribution in [0.4, 0.5) is 5.69 Å². The van der Waals surface area contributed by atoms with Gasteiger partial charge in [0.25, 0.3) is 0 Å². The number of halogens is 3. The number of nitrogens with one attached hydrogen (secondary N) is 1. The van der Waals surface area contributed by atoms with Crippen molar-refractivity contribution in [3.63, 3.8) is 0 Å². The lowest BCUT2D eigenvalue weighted by atomic mass is 10.3. The van der Waals surface area contributed by atoms with Crippen molar-refractivity contribution in [1.29, 1.82) is 0 Å². The summed E-state index contributed by atoms with van der Waals surface area (Å²) >= 11 is 21.0. The highest BCUT2D eigenvalue weighted by Gasteiger charge is 2.10.